The van der Waals surface area contributed by atoms with Gasteiger partial charge in [0.25, 0.3) is 0 Å². The summed E-state index contributed by atoms with van der Waals surface area (Å²) in [5.74, 6) is -0.387. The minimum atomic E-state index is -0.434. The number of anilines is 1. The fourth-order valence-electron chi connectivity index (χ4n) is 1.57. The molecule has 0 radical (unpaired) electrons. The summed E-state index contributed by atoms with van der Waals surface area (Å²) in [5.41, 5.74) is 0. The minimum Gasteiger partial charge on any atom is -0.356 e. The molecule has 4 nitrogen and oxygen atoms in total. The Hall–Kier alpha value is -1.65. The molecule has 1 unspecified atom stereocenters. The number of nitrogens with one attached hydrogen (secondary N) is 2. The third-order valence-electron chi connectivity index (χ3n) is 2.35. The van der Waals surface area contributed by atoms with E-state index in [0.29, 0.717) is 13.0 Å². The Kier molecular flexibility index (Phi) is 2.80. The van der Waals surface area contributed by atoms with E-state index in [9.17, 15) is 9.18 Å². The normalized spacial score (nSPS) is 20.9. The van der Waals surface area contributed by atoms with E-state index in [1.54, 1.807) is 0 Å². The molecule has 1 aliphatic rings. The highest BCUT2D eigenvalue weighted by molar-refractivity contribution is 5.84. The highest BCUT2D eigenvalue weighted by Crippen LogP contribution is 2.13. The molecule has 2 heterocycles. The number of aromatic nitrogens is 1. The maximum Gasteiger partial charge on any atom is 0.242 e. The van der Waals surface area contributed by atoms with Crippen molar-refractivity contribution in [2.45, 2.75) is 18.9 Å². The van der Waals surface area contributed by atoms with Crippen LogP contribution in [0.4, 0.5) is 10.2 Å². The first-order chi connectivity index (χ1) is 7.27. The van der Waals surface area contributed by atoms with Gasteiger partial charge in [0.2, 0.25) is 5.91 Å². The van der Waals surface area contributed by atoms with Gasteiger partial charge < -0.3 is 10.6 Å². The van der Waals surface area contributed by atoms with Gasteiger partial charge in [-0.15, -0.1) is 0 Å². The molecular weight excluding hydrogens is 197 g/mol. The Morgan fingerprint density at radius 2 is 2.47 bits per heavy atom. The van der Waals surface area contributed by atoms with Crippen molar-refractivity contribution in [3.05, 3.63) is 24.1 Å². The van der Waals surface area contributed by atoms with Crippen LogP contribution in [0.2, 0.25) is 0 Å². The van der Waals surface area contributed by atoms with Crippen LogP contribution < -0.4 is 10.6 Å². The Morgan fingerprint density at radius 3 is 3.20 bits per heavy atom. The molecule has 0 bridgehead atoms. The van der Waals surface area contributed by atoms with Gasteiger partial charge in [-0.05, 0) is 25.0 Å². The van der Waals surface area contributed by atoms with Crippen LogP contribution in [-0.2, 0) is 4.79 Å². The highest BCUT2D eigenvalue weighted by atomic mass is 19.1. The molecule has 0 aliphatic carbocycles. The van der Waals surface area contributed by atoms with Crippen molar-refractivity contribution in [3.63, 3.8) is 0 Å². The zero-order valence-corrected chi connectivity index (χ0v) is 8.16. The molecule has 15 heavy (non-hydrogen) atoms. The molecular formula is C10H12FN3O. The fraction of sp³-hybridized carbons (Fsp3) is 0.400. The summed E-state index contributed by atoms with van der Waals surface area (Å²) >= 11 is 0. The first kappa shape index (κ1) is 9.89. The molecule has 5 heteroatoms. The van der Waals surface area contributed by atoms with Gasteiger partial charge >= 0.3 is 0 Å². The number of amides is 1. The van der Waals surface area contributed by atoms with Crippen molar-refractivity contribution >= 4 is 11.7 Å². The van der Waals surface area contributed by atoms with Crippen LogP contribution in [0.15, 0.2) is 18.3 Å². The number of hydrogen-bond acceptors (Lipinski definition) is 3. The van der Waals surface area contributed by atoms with Gasteiger partial charge in [0.15, 0.2) is 11.6 Å². The van der Waals surface area contributed by atoms with Crippen LogP contribution in [0.3, 0.4) is 0 Å². The second-order valence-electron chi connectivity index (χ2n) is 3.46. The van der Waals surface area contributed by atoms with Gasteiger partial charge in [0.1, 0.15) is 6.04 Å². The number of piperidine rings is 1. The highest BCUT2D eigenvalue weighted by Gasteiger charge is 2.22. The van der Waals surface area contributed by atoms with Crippen LogP contribution >= 0.6 is 0 Å². The zero-order valence-electron chi connectivity index (χ0n) is 8.16. The number of nitrogens with zero attached hydrogens (tertiary/aromatic N) is 1. The van der Waals surface area contributed by atoms with Crippen molar-refractivity contribution in [1.82, 2.24) is 10.3 Å². The zero-order chi connectivity index (χ0) is 10.7. The molecule has 1 aromatic rings. The summed E-state index contributed by atoms with van der Waals surface area (Å²) in [4.78, 5) is 15.2. The predicted octanol–water partition coefficient (Wildman–Crippen LogP) is 0.911. The number of carbonyl (C=O) groups is 1. The Morgan fingerprint density at radius 1 is 1.60 bits per heavy atom. The molecule has 2 N–H and O–H groups in total. The van der Waals surface area contributed by atoms with E-state index in [1.165, 1.54) is 18.3 Å². The Bertz CT molecular complexity index is 369. The Balaban J connectivity index is 2.08. The molecule has 1 atom stereocenters. The van der Waals surface area contributed by atoms with Crippen LogP contribution in [-0.4, -0.2) is 23.5 Å². The van der Waals surface area contributed by atoms with E-state index in [-0.39, 0.29) is 17.8 Å². The van der Waals surface area contributed by atoms with Crippen LogP contribution in [0, 0.1) is 5.82 Å². The van der Waals surface area contributed by atoms with Gasteiger partial charge in [-0.1, -0.05) is 0 Å². The van der Waals surface area contributed by atoms with E-state index in [2.05, 4.69) is 15.6 Å². The van der Waals surface area contributed by atoms with Gasteiger partial charge in [-0.3, -0.25) is 4.79 Å². The second kappa shape index (κ2) is 4.25. The second-order valence-corrected chi connectivity index (χ2v) is 3.46. The molecule has 2 rings (SSSR count). The lowest BCUT2D eigenvalue weighted by atomic mass is 10.1. The average molecular weight is 209 g/mol. The largest absolute Gasteiger partial charge is 0.356 e. The van der Waals surface area contributed by atoms with Gasteiger partial charge in [-0.25, -0.2) is 9.37 Å². The smallest absolute Gasteiger partial charge is 0.242 e. The van der Waals surface area contributed by atoms with Crippen LogP contribution in [0.25, 0.3) is 0 Å². The molecule has 1 aliphatic heterocycles. The third kappa shape index (κ3) is 2.23. The Labute approximate surface area is 86.9 Å². The van der Waals surface area contributed by atoms with E-state index in [4.69, 9.17) is 0 Å². The maximum atomic E-state index is 13.2. The van der Waals surface area contributed by atoms with Crippen molar-refractivity contribution in [1.29, 1.82) is 0 Å². The standard InChI is InChI=1S/C10H12FN3O/c11-7-3-1-5-12-9(7)14-8-4-2-6-13-10(8)15/h1,3,5,8H,2,4,6H2,(H,12,14)(H,13,15). The molecule has 0 saturated carbocycles. The lowest BCUT2D eigenvalue weighted by molar-refractivity contribution is -0.123. The predicted molar refractivity (Wildman–Crippen MR) is 53.8 cm³/mol. The number of hydrogen-bond donors (Lipinski definition) is 2. The van der Waals surface area contributed by atoms with E-state index >= 15 is 0 Å². The lowest BCUT2D eigenvalue weighted by Gasteiger charge is -2.23. The minimum absolute atomic E-state index is 0.0914. The SMILES string of the molecule is O=C1NCCCC1Nc1ncccc1F. The monoisotopic (exact) mass is 209 g/mol. The number of pyridine rings is 1. The van der Waals surface area contributed by atoms with E-state index in [1.807, 2.05) is 0 Å². The van der Waals surface area contributed by atoms with E-state index in [0.717, 1.165) is 6.42 Å². The first-order valence-electron chi connectivity index (χ1n) is 4.92. The van der Waals surface area contributed by atoms with Crippen LogP contribution in [0.1, 0.15) is 12.8 Å². The van der Waals surface area contributed by atoms with Gasteiger partial charge in [0, 0.05) is 12.7 Å². The number of carbonyl (C=O) groups excluding carboxylic acids is 1. The number of rotatable bonds is 2. The quantitative estimate of drug-likeness (QED) is 0.761. The number of halogens is 1. The molecule has 0 aromatic carbocycles. The van der Waals surface area contributed by atoms with Crippen LogP contribution in [0.5, 0.6) is 0 Å². The summed E-state index contributed by atoms with van der Waals surface area (Å²) < 4.78 is 13.2. The topological polar surface area (TPSA) is 54.0 Å². The maximum absolute atomic E-state index is 13.2. The molecule has 80 valence electrons. The van der Waals surface area contributed by atoms with Crippen molar-refractivity contribution < 1.29 is 9.18 Å². The molecule has 1 amide bonds. The molecule has 1 fully saturated rings. The molecule has 1 saturated heterocycles. The van der Waals surface area contributed by atoms with E-state index < -0.39 is 5.82 Å². The lowest BCUT2D eigenvalue weighted by Crippen LogP contribution is -2.44. The first-order valence-corrected chi connectivity index (χ1v) is 4.92. The summed E-state index contributed by atoms with van der Waals surface area (Å²) in [6.45, 7) is 0.696. The summed E-state index contributed by atoms with van der Waals surface area (Å²) in [5, 5.41) is 5.52. The van der Waals surface area contributed by atoms with Crippen molar-refractivity contribution in [2.24, 2.45) is 0 Å². The van der Waals surface area contributed by atoms with Crippen molar-refractivity contribution in [3.8, 4) is 0 Å². The van der Waals surface area contributed by atoms with Gasteiger partial charge in [-0.2, -0.15) is 0 Å². The summed E-state index contributed by atoms with van der Waals surface area (Å²) in [6, 6.07) is 2.46. The molecule has 1 aromatic heterocycles. The van der Waals surface area contributed by atoms with Crippen molar-refractivity contribution in [2.75, 3.05) is 11.9 Å². The summed E-state index contributed by atoms with van der Waals surface area (Å²) in [7, 11) is 0. The molecule has 0 spiro atoms. The third-order valence-corrected chi connectivity index (χ3v) is 2.35. The average Bonchev–Trinajstić information content (AvgIpc) is 2.24. The fourth-order valence-corrected chi connectivity index (χ4v) is 1.57. The summed E-state index contributed by atoms with van der Waals surface area (Å²) in [6.07, 6.45) is 3.10. The van der Waals surface area contributed by atoms with Gasteiger partial charge in [0.05, 0.1) is 0 Å².